The van der Waals surface area contributed by atoms with Crippen LogP contribution >= 0.6 is 22.9 Å². The number of hydrogen-bond acceptors (Lipinski definition) is 2. The summed E-state index contributed by atoms with van der Waals surface area (Å²) in [6.07, 6.45) is 0. The Hall–Kier alpha value is -0.540. The topological polar surface area (TPSA) is 43.1 Å². The highest BCUT2D eigenvalue weighted by Gasteiger charge is 2.06. The van der Waals surface area contributed by atoms with Gasteiger partial charge in [-0.3, -0.25) is 4.79 Å². The van der Waals surface area contributed by atoms with Crippen molar-refractivity contribution in [3.8, 4) is 0 Å². The number of amides is 1. The van der Waals surface area contributed by atoms with E-state index >= 15 is 0 Å². The number of carbonyl (C=O) groups excluding carboxylic acids is 1. The van der Waals surface area contributed by atoms with Gasteiger partial charge in [-0.1, -0.05) is 11.6 Å². The summed E-state index contributed by atoms with van der Waals surface area (Å²) in [5, 5.41) is 0.610. The van der Waals surface area contributed by atoms with Gasteiger partial charge in [0.25, 0.3) is 5.91 Å². The zero-order valence-electron chi connectivity index (χ0n) is 5.35. The number of thiophene rings is 1. The van der Waals surface area contributed by atoms with Gasteiger partial charge in [0.15, 0.2) is 0 Å². The third-order valence-electron chi connectivity index (χ3n) is 1.10. The Morgan fingerprint density at radius 1 is 1.80 bits per heavy atom. The molecule has 1 aromatic rings. The molecule has 10 heavy (non-hydrogen) atoms. The lowest BCUT2D eigenvalue weighted by Gasteiger charge is -1.81. The molecule has 0 radical (unpaired) electrons. The molecule has 4 heteroatoms. The quantitative estimate of drug-likeness (QED) is 0.695. The maximum absolute atomic E-state index is 10.5. The number of hydrogen-bond donors (Lipinski definition) is 1. The van der Waals surface area contributed by atoms with Gasteiger partial charge in [0.1, 0.15) is 0 Å². The predicted molar refractivity (Wildman–Crippen MR) is 42.6 cm³/mol. The van der Waals surface area contributed by atoms with Crippen LogP contribution in [0.4, 0.5) is 0 Å². The van der Waals surface area contributed by atoms with E-state index in [2.05, 4.69) is 0 Å². The number of primary amides is 1. The summed E-state index contributed by atoms with van der Waals surface area (Å²) in [6.45, 7) is 1.85. The molecule has 1 aromatic heterocycles. The minimum atomic E-state index is -0.417. The number of carbonyl (C=O) groups is 1. The summed E-state index contributed by atoms with van der Waals surface area (Å²) in [4.78, 5) is 12.0. The summed E-state index contributed by atoms with van der Waals surface area (Å²) in [7, 11) is 0. The first-order valence-corrected chi connectivity index (χ1v) is 3.86. The van der Waals surface area contributed by atoms with Crippen LogP contribution in [0.2, 0.25) is 5.02 Å². The maximum atomic E-state index is 10.5. The molecule has 2 nitrogen and oxygen atoms in total. The van der Waals surface area contributed by atoms with Crippen molar-refractivity contribution in [2.75, 3.05) is 0 Å². The van der Waals surface area contributed by atoms with E-state index < -0.39 is 5.91 Å². The third-order valence-corrected chi connectivity index (χ3v) is 2.67. The SMILES string of the molecule is Cc1sc(C(N)=O)cc1Cl. The molecule has 0 bridgehead atoms. The Labute approximate surface area is 67.6 Å². The molecule has 1 heterocycles. The molecule has 0 aliphatic heterocycles. The van der Waals surface area contributed by atoms with Crippen molar-refractivity contribution in [3.05, 3.63) is 20.8 Å². The molecule has 0 saturated carbocycles. The maximum Gasteiger partial charge on any atom is 0.258 e. The minimum Gasteiger partial charge on any atom is -0.365 e. The van der Waals surface area contributed by atoms with E-state index in [4.69, 9.17) is 17.3 Å². The van der Waals surface area contributed by atoms with Crippen LogP contribution in [0.5, 0.6) is 0 Å². The molecule has 0 aliphatic rings. The highest BCUT2D eigenvalue weighted by Crippen LogP contribution is 2.24. The Balaban J connectivity index is 3.10. The van der Waals surface area contributed by atoms with Crippen LogP contribution in [0.1, 0.15) is 14.5 Å². The van der Waals surface area contributed by atoms with Crippen LogP contribution in [-0.4, -0.2) is 5.91 Å². The van der Waals surface area contributed by atoms with Crippen molar-refractivity contribution in [3.63, 3.8) is 0 Å². The molecule has 0 spiro atoms. The van der Waals surface area contributed by atoms with E-state index in [0.29, 0.717) is 9.90 Å². The summed E-state index contributed by atoms with van der Waals surface area (Å²) in [5.74, 6) is -0.417. The lowest BCUT2D eigenvalue weighted by Crippen LogP contribution is -2.08. The monoisotopic (exact) mass is 175 g/mol. The average Bonchev–Trinajstić information content (AvgIpc) is 2.13. The van der Waals surface area contributed by atoms with Gasteiger partial charge >= 0.3 is 0 Å². The van der Waals surface area contributed by atoms with Gasteiger partial charge in [-0.25, -0.2) is 0 Å². The molecule has 0 atom stereocenters. The Bertz CT molecular complexity index is 249. The molecular weight excluding hydrogens is 170 g/mol. The molecule has 0 aromatic carbocycles. The van der Waals surface area contributed by atoms with Gasteiger partial charge in [0.05, 0.1) is 9.90 Å². The van der Waals surface area contributed by atoms with Gasteiger partial charge in [0, 0.05) is 4.88 Å². The molecule has 0 fully saturated rings. The number of halogens is 1. The van der Waals surface area contributed by atoms with Crippen molar-refractivity contribution >= 4 is 28.8 Å². The number of aryl methyl sites for hydroxylation is 1. The molecule has 2 N–H and O–H groups in total. The highest BCUT2D eigenvalue weighted by molar-refractivity contribution is 7.14. The number of nitrogens with two attached hydrogens (primary N) is 1. The van der Waals surface area contributed by atoms with Crippen molar-refractivity contribution in [2.45, 2.75) is 6.92 Å². The fourth-order valence-corrected chi connectivity index (χ4v) is 1.63. The largest absolute Gasteiger partial charge is 0.365 e. The van der Waals surface area contributed by atoms with E-state index in [1.165, 1.54) is 11.3 Å². The van der Waals surface area contributed by atoms with Crippen LogP contribution in [0, 0.1) is 6.92 Å². The first-order chi connectivity index (χ1) is 4.61. The second-order valence-corrected chi connectivity index (χ2v) is 3.54. The van der Waals surface area contributed by atoms with Gasteiger partial charge < -0.3 is 5.73 Å². The molecular formula is C6H6ClNOS. The zero-order valence-corrected chi connectivity index (χ0v) is 6.92. The van der Waals surface area contributed by atoms with Crippen molar-refractivity contribution in [2.24, 2.45) is 5.73 Å². The summed E-state index contributed by atoms with van der Waals surface area (Å²) in [5.41, 5.74) is 5.01. The molecule has 0 aliphatic carbocycles. The summed E-state index contributed by atoms with van der Waals surface area (Å²) >= 11 is 6.99. The highest BCUT2D eigenvalue weighted by atomic mass is 35.5. The van der Waals surface area contributed by atoms with E-state index in [-0.39, 0.29) is 0 Å². The van der Waals surface area contributed by atoms with Crippen LogP contribution in [0.15, 0.2) is 6.07 Å². The second kappa shape index (κ2) is 2.60. The van der Waals surface area contributed by atoms with Crippen molar-refractivity contribution in [1.29, 1.82) is 0 Å². The molecule has 54 valence electrons. The summed E-state index contributed by atoms with van der Waals surface area (Å²) in [6, 6.07) is 1.59. The van der Waals surface area contributed by atoms with Crippen molar-refractivity contribution in [1.82, 2.24) is 0 Å². The lowest BCUT2D eigenvalue weighted by molar-refractivity contribution is 0.100. The average molecular weight is 176 g/mol. The lowest BCUT2D eigenvalue weighted by atomic mass is 10.4. The fraction of sp³-hybridized carbons (Fsp3) is 0.167. The Kier molecular flexibility index (Phi) is 1.97. The molecule has 1 rings (SSSR count). The molecule has 0 saturated heterocycles. The van der Waals surface area contributed by atoms with Crippen LogP contribution in [0.3, 0.4) is 0 Å². The van der Waals surface area contributed by atoms with E-state index in [0.717, 1.165) is 4.88 Å². The predicted octanol–water partition coefficient (Wildman–Crippen LogP) is 1.81. The molecule has 0 unspecified atom stereocenters. The smallest absolute Gasteiger partial charge is 0.258 e. The van der Waals surface area contributed by atoms with Crippen LogP contribution in [-0.2, 0) is 0 Å². The van der Waals surface area contributed by atoms with E-state index in [1.54, 1.807) is 6.07 Å². The van der Waals surface area contributed by atoms with Gasteiger partial charge in [-0.05, 0) is 13.0 Å². The van der Waals surface area contributed by atoms with Crippen LogP contribution < -0.4 is 5.73 Å². The standard InChI is InChI=1S/C6H6ClNOS/c1-3-4(7)2-5(10-3)6(8)9/h2H,1H3,(H2,8,9). The van der Waals surface area contributed by atoms with Gasteiger partial charge in [-0.15, -0.1) is 11.3 Å². The first-order valence-electron chi connectivity index (χ1n) is 2.67. The molecule has 1 amide bonds. The Morgan fingerprint density at radius 3 is 2.60 bits per heavy atom. The first kappa shape index (κ1) is 7.57. The normalized spacial score (nSPS) is 9.80. The second-order valence-electron chi connectivity index (χ2n) is 1.88. The van der Waals surface area contributed by atoms with E-state index in [9.17, 15) is 4.79 Å². The van der Waals surface area contributed by atoms with Crippen LogP contribution in [0.25, 0.3) is 0 Å². The zero-order chi connectivity index (χ0) is 7.72. The van der Waals surface area contributed by atoms with Gasteiger partial charge in [-0.2, -0.15) is 0 Å². The van der Waals surface area contributed by atoms with E-state index in [1.807, 2.05) is 6.92 Å². The fourth-order valence-electron chi connectivity index (χ4n) is 0.581. The third kappa shape index (κ3) is 1.30. The minimum absolute atomic E-state index is 0.417. The van der Waals surface area contributed by atoms with Crippen molar-refractivity contribution < 1.29 is 4.79 Å². The Morgan fingerprint density at radius 2 is 2.40 bits per heavy atom. The summed E-state index contributed by atoms with van der Waals surface area (Å²) < 4.78 is 0. The van der Waals surface area contributed by atoms with Gasteiger partial charge in [0.2, 0.25) is 0 Å². The number of rotatable bonds is 1.